The first kappa shape index (κ1) is 21.0. The summed E-state index contributed by atoms with van der Waals surface area (Å²) in [4.78, 5) is 10.5. The molecule has 2 N–H and O–H groups in total. The number of ether oxygens (including phenoxy) is 2. The van der Waals surface area contributed by atoms with Gasteiger partial charge in [-0.25, -0.2) is 8.78 Å². The van der Waals surface area contributed by atoms with Gasteiger partial charge in [0.25, 0.3) is 0 Å². The molecule has 2 aromatic carbocycles. The summed E-state index contributed by atoms with van der Waals surface area (Å²) in [6.07, 6.45) is 1.01. The van der Waals surface area contributed by atoms with Crippen molar-refractivity contribution in [2.75, 3.05) is 13.7 Å². The average molecular weight is 405 g/mol. The van der Waals surface area contributed by atoms with Gasteiger partial charge in [-0.1, -0.05) is 6.07 Å². The lowest BCUT2D eigenvalue weighted by Crippen LogP contribution is -2.24. The largest absolute Gasteiger partial charge is 0.493 e. The number of benzene rings is 2. The third kappa shape index (κ3) is 4.67. The van der Waals surface area contributed by atoms with Crippen molar-refractivity contribution in [3.8, 4) is 22.6 Å². The number of hydrogen-bond acceptors (Lipinski definition) is 4. The average Bonchev–Trinajstić information content (AvgIpc) is 2.96. The third-order valence-electron chi connectivity index (χ3n) is 4.92. The molecule has 29 heavy (non-hydrogen) atoms. The molecule has 1 heterocycles. The third-order valence-corrected chi connectivity index (χ3v) is 4.92. The SMILES string of the molecule is COc1ccc(-c2cc(F)c(CNCCCC(=O)O)c(F)c2)c2c1OC(C)(C)C2. The first-order valence-corrected chi connectivity index (χ1v) is 9.51. The van der Waals surface area contributed by atoms with Gasteiger partial charge in [0.15, 0.2) is 11.5 Å². The quantitative estimate of drug-likeness (QED) is 0.641. The predicted octanol–water partition coefficient (Wildman–Crippen LogP) is 4.31. The van der Waals surface area contributed by atoms with Gasteiger partial charge in [-0.3, -0.25) is 4.79 Å². The Hall–Kier alpha value is -2.67. The maximum Gasteiger partial charge on any atom is 0.303 e. The van der Waals surface area contributed by atoms with E-state index >= 15 is 0 Å². The second-order valence-electron chi connectivity index (χ2n) is 7.75. The summed E-state index contributed by atoms with van der Waals surface area (Å²) >= 11 is 0. The molecule has 1 aliphatic rings. The number of carboxylic acids is 1. The summed E-state index contributed by atoms with van der Waals surface area (Å²) in [6, 6.07) is 6.18. The fourth-order valence-corrected chi connectivity index (χ4v) is 3.57. The topological polar surface area (TPSA) is 67.8 Å². The molecule has 5 nitrogen and oxygen atoms in total. The number of halogens is 2. The van der Waals surface area contributed by atoms with Crippen molar-refractivity contribution >= 4 is 5.97 Å². The molecule has 156 valence electrons. The summed E-state index contributed by atoms with van der Waals surface area (Å²) in [5.41, 5.74) is 1.53. The molecular formula is C22H25F2NO4. The highest BCUT2D eigenvalue weighted by Crippen LogP contribution is 2.46. The van der Waals surface area contributed by atoms with Gasteiger partial charge in [0, 0.05) is 30.5 Å². The first-order valence-electron chi connectivity index (χ1n) is 9.51. The van der Waals surface area contributed by atoms with Gasteiger partial charge in [-0.05, 0) is 56.1 Å². The molecule has 0 aromatic heterocycles. The Bertz CT molecular complexity index is 904. The van der Waals surface area contributed by atoms with Crippen LogP contribution in [0.4, 0.5) is 8.78 Å². The summed E-state index contributed by atoms with van der Waals surface area (Å²) in [5.74, 6) is -0.980. The minimum Gasteiger partial charge on any atom is -0.493 e. The van der Waals surface area contributed by atoms with Gasteiger partial charge in [0.2, 0.25) is 0 Å². The molecule has 0 unspecified atom stereocenters. The van der Waals surface area contributed by atoms with Crippen LogP contribution < -0.4 is 14.8 Å². The highest BCUT2D eigenvalue weighted by molar-refractivity contribution is 5.74. The van der Waals surface area contributed by atoms with E-state index in [2.05, 4.69) is 5.32 Å². The Labute approximate surface area is 168 Å². The number of nitrogens with one attached hydrogen (secondary N) is 1. The van der Waals surface area contributed by atoms with Gasteiger partial charge in [-0.2, -0.15) is 0 Å². The summed E-state index contributed by atoms with van der Waals surface area (Å²) in [5, 5.41) is 11.5. The highest BCUT2D eigenvalue weighted by atomic mass is 19.1. The molecule has 7 heteroatoms. The molecule has 0 spiro atoms. The van der Waals surface area contributed by atoms with Crippen LogP contribution in [0, 0.1) is 11.6 Å². The van der Waals surface area contributed by atoms with Crippen LogP contribution in [0.5, 0.6) is 11.5 Å². The van der Waals surface area contributed by atoms with Crippen molar-refractivity contribution in [2.45, 2.75) is 45.3 Å². The van der Waals surface area contributed by atoms with Crippen molar-refractivity contribution in [3.63, 3.8) is 0 Å². The molecule has 1 aliphatic heterocycles. The number of carboxylic acid groups (broad SMARTS) is 1. The zero-order valence-corrected chi connectivity index (χ0v) is 16.8. The van der Waals surface area contributed by atoms with Crippen molar-refractivity contribution < 1.29 is 28.2 Å². The summed E-state index contributed by atoms with van der Waals surface area (Å²) < 4.78 is 40.7. The maximum absolute atomic E-state index is 14.7. The molecular weight excluding hydrogens is 380 g/mol. The standard InChI is InChI=1S/C22H25F2NO4/c1-22(2)11-15-14(6-7-19(28-3)21(15)29-22)13-9-17(23)16(18(24)10-13)12-25-8-4-5-20(26)27/h6-7,9-10,25H,4-5,8,11-12H2,1-3H3,(H,26,27). The highest BCUT2D eigenvalue weighted by Gasteiger charge is 2.34. The zero-order valence-electron chi connectivity index (χ0n) is 16.8. The second-order valence-corrected chi connectivity index (χ2v) is 7.75. The van der Waals surface area contributed by atoms with E-state index in [1.54, 1.807) is 19.2 Å². The van der Waals surface area contributed by atoms with Crippen molar-refractivity contribution in [1.82, 2.24) is 5.32 Å². The van der Waals surface area contributed by atoms with Crippen molar-refractivity contribution in [2.24, 2.45) is 0 Å². The van der Waals surface area contributed by atoms with E-state index < -0.39 is 23.2 Å². The number of fused-ring (bicyclic) bond motifs is 1. The Morgan fingerprint density at radius 1 is 1.28 bits per heavy atom. The molecule has 0 amide bonds. The minimum absolute atomic E-state index is 0.00553. The summed E-state index contributed by atoms with van der Waals surface area (Å²) in [7, 11) is 1.56. The lowest BCUT2D eigenvalue weighted by Gasteiger charge is -2.17. The molecule has 2 aromatic rings. The van der Waals surface area contributed by atoms with Gasteiger partial charge in [0.05, 0.1) is 7.11 Å². The number of carbonyl (C=O) groups is 1. The van der Waals surface area contributed by atoms with E-state index in [4.69, 9.17) is 14.6 Å². The Balaban J connectivity index is 1.85. The molecule has 0 saturated carbocycles. The van der Waals surface area contributed by atoms with E-state index in [0.29, 0.717) is 42.0 Å². The Morgan fingerprint density at radius 2 is 1.97 bits per heavy atom. The Morgan fingerprint density at radius 3 is 2.59 bits per heavy atom. The smallest absolute Gasteiger partial charge is 0.303 e. The number of methoxy groups -OCH3 is 1. The van der Waals surface area contributed by atoms with Gasteiger partial charge < -0.3 is 19.9 Å². The zero-order chi connectivity index (χ0) is 21.2. The normalized spacial score (nSPS) is 14.4. The van der Waals surface area contributed by atoms with E-state index in [1.807, 2.05) is 13.8 Å². The minimum atomic E-state index is -0.896. The molecule has 0 aliphatic carbocycles. The van der Waals surface area contributed by atoms with E-state index in [0.717, 1.165) is 5.56 Å². The lowest BCUT2D eigenvalue weighted by molar-refractivity contribution is -0.137. The monoisotopic (exact) mass is 405 g/mol. The predicted molar refractivity (Wildman–Crippen MR) is 105 cm³/mol. The van der Waals surface area contributed by atoms with Crippen LogP contribution >= 0.6 is 0 Å². The molecule has 0 radical (unpaired) electrons. The fraction of sp³-hybridized carbons (Fsp3) is 0.409. The molecule has 0 saturated heterocycles. The molecule has 3 rings (SSSR count). The van der Waals surface area contributed by atoms with Crippen LogP contribution in [-0.2, 0) is 17.8 Å². The number of aliphatic carboxylic acids is 1. The van der Waals surface area contributed by atoms with E-state index in [9.17, 15) is 13.6 Å². The Kier molecular flexibility index (Phi) is 6.07. The maximum atomic E-state index is 14.7. The van der Waals surface area contributed by atoms with E-state index in [1.165, 1.54) is 12.1 Å². The summed E-state index contributed by atoms with van der Waals surface area (Å²) in [6.45, 7) is 4.27. The van der Waals surface area contributed by atoms with Crippen LogP contribution in [-0.4, -0.2) is 30.3 Å². The van der Waals surface area contributed by atoms with Gasteiger partial charge >= 0.3 is 5.97 Å². The van der Waals surface area contributed by atoms with E-state index in [-0.39, 0.29) is 18.5 Å². The van der Waals surface area contributed by atoms with Crippen molar-refractivity contribution in [1.29, 1.82) is 0 Å². The van der Waals surface area contributed by atoms with Crippen LogP contribution in [0.15, 0.2) is 24.3 Å². The van der Waals surface area contributed by atoms with Crippen LogP contribution in [0.2, 0.25) is 0 Å². The lowest BCUT2D eigenvalue weighted by atomic mass is 9.92. The fourth-order valence-electron chi connectivity index (χ4n) is 3.57. The molecule has 0 fully saturated rings. The molecule has 0 atom stereocenters. The number of rotatable bonds is 8. The first-order chi connectivity index (χ1) is 13.7. The number of hydrogen-bond donors (Lipinski definition) is 2. The second kappa shape index (κ2) is 8.37. The van der Waals surface area contributed by atoms with Gasteiger partial charge in [-0.15, -0.1) is 0 Å². The van der Waals surface area contributed by atoms with Crippen molar-refractivity contribution in [3.05, 3.63) is 47.0 Å². The molecule has 0 bridgehead atoms. The van der Waals surface area contributed by atoms with Crippen LogP contribution in [0.1, 0.15) is 37.8 Å². The van der Waals surface area contributed by atoms with Crippen LogP contribution in [0.3, 0.4) is 0 Å². The van der Waals surface area contributed by atoms with Crippen LogP contribution in [0.25, 0.3) is 11.1 Å². The van der Waals surface area contributed by atoms with Gasteiger partial charge in [0.1, 0.15) is 17.2 Å².